The van der Waals surface area contributed by atoms with Crippen molar-refractivity contribution >= 4 is 17.6 Å². The van der Waals surface area contributed by atoms with Crippen molar-refractivity contribution in [1.82, 2.24) is 10.6 Å². The summed E-state index contributed by atoms with van der Waals surface area (Å²) >= 11 is 0. The molecule has 0 fully saturated rings. The third kappa shape index (κ3) is 6.24. The van der Waals surface area contributed by atoms with Crippen LogP contribution < -0.4 is 20.7 Å². The molecule has 3 N–H and O–H groups in total. The number of benzene rings is 2. The molecule has 0 radical (unpaired) electrons. The minimum absolute atomic E-state index is 0.0423. The van der Waals surface area contributed by atoms with Gasteiger partial charge in [-0.1, -0.05) is 37.3 Å². The summed E-state index contributed by atoms with van der Waals surface area (Å²) in [7, 11) is 0. The van der Waals surface area contributed by atoms with Crippen LogP contribution in [-0.4, -0.2) is 31.1 Å². The van der Waals surface area contributed by atoms with E-state index in [0.29, 0.717) is 19.5 Å². The highest BCUT2D eigenvalue weighted by atomic mass is 16.5. The van der Waals surface area contributed by atoms with Crippen LogP contribution in [0.4, 0.5) is 5.69 Å². The maximum absolute atomic E-state index is 11.8. The highest BCUT2D eigenvalue weighted by molar-refractivity contribution is 5.90. The lowest BCUT2D eigenvalue weighted by Gasteiger charge is -2.15. The summed E-state index contributed by atoms with van der Waals surface area (Å²) < 4.78 is 5.99. The van der Waals surface area contributed by atoms with E-state index in [1.165, 1.54) is 5.56 Å². The van der Waals surface area contributed by atoms with Gasteiger partial charge in [0.1, 0.15) is 11.9 Å². The molecule has 6 nitrogen and oxygen atoms in total. The van der Waals surface area contributed by atoms with Gasteiger partial charge in [0.15, 0.2) is 5.96 Å². The molecule has 1 unspecified atom stereocenters. The lowest BCUT2D eigenvalue weighted by atomic mass is 10.1. The van der Waals surface area contributed by atoms with Crippen LogP contribution in [0.15, 0.2) is 53.5 Å². The highest BCUT2D eigenvalue weighted by Crippen LogP contribution is 2.27. The van der Waals surface area contributed by atoms with Crippen LogP contribution in [0.1, 0.15) is 37.8 Å². The average Bonchev–Trinajstić information content (AvgIpc) is 3.13. The van der Waals surface area contributed by atoms with Gasteiger partial charge in [-0.15, -0.1) is 0 Å². The van der Waals surface area contributed by atoms with Gasteiger partial charge in [0.25, 0.3) is 0 Å². The van der Waals surface area contributed by atoms with Crippen molar-refractivity contribution in [3.63, 3.8) is 0 Å². The standard InChI is InChI=1S/C23H30N4O2/c1-3-8-22(28)27-19-11-7-9-17(13-19)15-25-23(24-4-2)26-16-20-14-18-10-5-6-12-21(18)29-20/h5-7,9-13,20H,3-4,8,14-16H2,1-2H3,(H,27,28)(H2,24,25,26). The predicted molar refractivity (Wildman–Crippen MR) is 117 cm³/mol. The van der Waals surface area contributed by atoms with Gasteiger partial charge in [0.2, 0.25) is 5.91 Å². The Morgan fingerprint density at radius 1 is 1.14 bits per heavy atom. The van der Waals surface area contributed by atoms with E-state index in [0.717, 1.165) is 42.3 Å². The summed E-state index contributed by atoms with van der Waals surface area (Å²) in [5, 5.41) is 9.58. The fraction of sp³-hybridized carbons (Fsp3) is 0.391. The molecule has 0 spiro atoms. The lowest BCUT2D eigenvalue weighted by Crippen LogP contribution is -2.42. The Balaban J connectivity index is 1.55. The zero-order valence-electron chi connectivity index (χ0n) is 17.2. The molecule has 154 valence electrons. The Kier molecular flexibility index (Phi) is 7.50. The first kappa shape index (κ1) is 20.7. The van der Waals surface area contributed by atoms with Gasteiger partial charge in [-0.25, -0.2) is 4.99 Å². The van der Waals surface area contributed by atoms with Crippen LogP contribution in [0.5, 0.6) is 5.75 Å². The Morgan fingerprint density at radius 3 is 2.79 bits per heavy atom. The lowest BCUT2D eigenvalue weighted by molar-refractivity contribution is -0.116. The third-order valence-electron chi connectivity index (χ3n) is 4.66. The molecule has 0 bridgehead atoms. The van der Waals surface area contributed by atoms with E-state index in [4.69, 9.17) is 4.74 Å². The van der Waals surface area contributed by atoms with Crippen LogP contribution in [0.3, 0.4) is 0 Å². The number of nitrogens with zero attached hydrogens (tertiary/aromatic N) is 1. The quantitative estimate of drug-likeness (QED) is 0.473. The van der Waals surface area contributed by atoms with Crippen molar-refractivity contribution in [2.45, 2.75) is 45.8 Å². The van der Waals surface area contributed by atoms with Crippen molar-refractivity contribution < 1.29 is 9.53 Å². The Bertz CT molecular complexity index is 825. The molecule has 6 heteroatoms. The zero-order valence-corrected chi connectivity index (χ0v) is 17.2. The number of anilines is 1. The topological polar surface area (TPSA) is 74.8 Å². The smallest absolute Gasteiger partial charge is 0.224 e. The molecule has 1 atom stereocenters. The van der Waals surface area contributed by atoms with Crippen LogP contribution in [-0.2, 0) is 17.8 Å². The number of hydrogen-bond acceptors (Lipinski definition) is 3. The molecule has 1 aliphatic heterocycles. The summed E-state index contributed by atoms with van der Waals surface area (Å²) in [5.74, 6) is 1.77. The van der Waals surface area contributed by atoms with Crippen LogP contribution in [0, 0.1) is 0 Å². The second-order valence-corrected chi connectivity index (χ2v) is 7.13. The van der Waals surface area contributed by atoms with Crippen LogP contribution in [0.2, 0.25) is 0 Å². The van der Waals surface area contributed by atoms with E-state index in [-0.39, 0.29) is 12.0 Å². The van der Waals surface area contributed by atoms with Crippen LogP contribution in [0.25, 0.3) is 0 Å². The normalized spacial score (nSPS) is 15.4. The van der Waals surface area contributed by atoms with E-state index in [1.54, 1.807) is 0 Å². The first-order valence-corrected chi connectivity index (χ1v) is 10.3. The molecule has 0 saturated heterocycles. The number of fused-ring (bicyclic) bond motifs is 1. The molecule has 1 aliphatic rings. The van der Waals surface area contributed by atoms with Gasteiger partial charge in [-0.3, -0.25) is 4.79 Å². The maximum Gasteiger partial charge on any atom is 0.224 e. The van der Waals surface area contributed by atoms with Gasteiger partial charge < -0.3 is 20.7 Å². The van der Waals surface area contributed by atoms with Gasteiger partial charge in [-0.05, 0) is 42.7 Å². The van der Waals surface area contributed by atoms with Crippen molar-refractivity contribution in [2.24, 2.45) is 4.99 Å². The van der Waals surface area contributed by atoms with Crippen molar-refractivity contribution in [3.8, 4) is 5.75 Å². The number of nitrogens with one attached hydrogen (secondary N) is 3. The number of carbonyl (C=O) groups is 1. The van der Waals surface area contributed by atoms with Crippen molar-refractivity contribution in [1.29, 1.82) is 0 Å². The molecule has 2 aromatic carbocycles. The minimum atomic E-state index is 0.0423. The second kappa shape index (κ2) is 10.5. The van der Waals surface area contributed by atoms with Gasteiger partial charge in [0.05, 0.1) is 13.1 Å². The molecule has 0 saturated carbocycles. The average molecular weight is 395 g/mol. The summed E-state index contributed by atoms with van der Waals surface area (Å²) in [6.45, 7) is 6.04. The van der Waals surface area contributed by atoms with E-state index < -0.39 is 0 Å². The highest BCUT2D eigenvalue weighted by Gasteiger charge is 2.22. The molecule has 1 amide bonds. The maximum atomic E-state index is 11.8. The fourth-order valence-electron chi connectivity index (χ4n) is 3.29. The number of ether oxygens (including phenoxy) is 1. The second-order valence-electron chi connectivity index (χ2n) is 7.13. The van der Waals surface area contributed by atoms with E-state index in [9.17, 15) is 4.79 Å². The summed E-state index contributed by atoms with van der Waals surface area (Å²) in [6.07, 6.45) is 2.38. The molecular formula is C23H30N4O2. The molecule has 3 rings (SSSR count). The van der Waals surface area contributed by atoms with Crippen LogP contribution >= 0.6 is 0 Å². The Morgan fingerprint density at radius 2 is 2.00 bits per heavy atom. The largest absolute Gasteiger partial charge is 0.488 e. The first-order valence-electron chi connectivity index (χ1n) is 10.3. The number of para-hydroxylation sites is 1. The predicted octanol–water partition coefficient (Wildman–Crippen LogP) is 3.48. The van der Waals surface area contributed by atoms with Gasteiger partial charge >= 0.3 is 0 Å². The molecule has 29 heavy (non-hydrogen) atoms. The molecule has 1 heterocycles. The zero-order chi connectivity index (χ0) is 20.5. The van der Waals surface area contributed by atoms with Crippen molar-refractivity contribution in [3.05, 3.63) is 59.7 Å². The fourth-order valence-corrected chi connectivity index (χ4v) is 3.29. The minimum Gasteiger partial charge on any atom is -0.488 e. The van der Waals surface area contributed by atoms with Gasteiger partial charge in [-0.2, -0.15) is 0 Å². The number of rotatable bonds is 8. The first-order chi connectivity index (χ1) is 14.2. The summed E-state index contributed by atoms with van der Waals surface area (Å²) in [4.78, 5) is 16.5. The summed E-state index contributed by atoms with van der Waals surface area (Å²) in [5.41, 5.74) is 3.11. The monoisotopic (exact) mass is 394 g/mol. The Hall–Kier alpha value is -3.02. The van der Waals surface area contributed by atoms with E-state index in [1.807, 2.05) is 56.3 Å². The number of aliphatic imine (C=N–C) groups is 1. The van der Waals surface area contributed by atoms with E-state index >= 15 is 0 Å². The third-order valence-corrected chi connectivity index (χ3v) is 4.66. The van der Waals surface area contributed by atoms with Crippen molar-refractivity contribution in [2.75, 3.05) is 18.4 Å². The van der Waals surface area contributed by atoms with Gasteiger partial charge in [0, 0.05) is 25.1 Å². The molecule has 0 aliphatic carbocycles. The number of hydrogen-bond donors (Lipinski definition) is 3. The number of carbonyl (C=O) groups excluding carboxylic acids is 1. The SMILES string of the molecule is CCCC(=O)Nc1cccc(CN=C(NCC)NCC2Cc3ccccc3O2)c1. The molecule has 2 aromatic rings. The van der Waals surface area contributed by atoms with E-state index in [2.05, 4.69) is 27.0 Å². The summed E-state index contributed by atoms with van der Waals surface area (Å²) in [6, 6.07) is 16.0. The number of amides is 1. The molecular weight excluding hydrogens is 364 g/mol. The number of guanidine groups is 1. The molecule has 0 aromatic heterocycles. The Labute approximate surface area is 172 Å².